The summed E-state index contributed by atoms with van der Waals surface area (Å²) >= 11 is 13.5. The number of methoxy groups -OCH3 is 1. The molecule has 146 valence electrons. The molecule has 1 aromatic heterocycles. The van der Waals surface area contributed by atoms with Crippen LogP contribution in [0.5, 0.6) is 5.75 Å². The highest BCUT2D eigenvalue weighted by Crippen LogP contribution is 2.34. The fraction of sp³-hybridized carbons (Fsp3) is 0.211. The van der Waals surface area contributed by atoms with E-state index in [9.17, 15) is 9.59 Å². The molecule has 0 fully saturated rings. The number of ether oxygens (including phenoxy) is 1. The molecule has 3 rings (SSSR count). The van der Waals surface area contributed by atoms with Crippen molar-refractivity contribution >= 4 is 67.4 Å². The Morgan fingerprint density at radius 2 is 1.86 bits per heavy atom. The van der Waals surface area contributed by atoms with Crippen LogP contribution in [0.4, 0.5) is 10.8 Å². The molecule has 2 aromatic carbocycles. The van der Waals surface area contributed by atoms with E-state index < -0.39 is 0 Å². The molecule has 6 nitrogen and oxygen atoms in total. The maximum absolute atomic E-state index is 12.5. The lowest BCUT2D eigenvalue weighted by Gasteiger charge is -2.09. The molecule has 0 spiro atoms. The van der Waals surface area contributed by atoms with Gasteiger partial charge in [0, 0.05) is 17.7 Å². The second-order valence-electron chi connectivity index (χ2n) is 5.93. The summed E-state index contributed by atoms with van der Waals surface area (Å²) in [5.74, 6) is -0.0984. The number of thiazole rings is 1. The van der Waals surface area contributed by atoms with Gasteiger partial charge in [-0.15, -0.1) is 0 Å². The van der Waals surface area contributed by atoms with Gasteiger partial charge in [-0.3, -0.25) is 9.59 Å². The molecule has 1 heterocycles. The zero-order valence-corrected chi connectivity index (χ0v) is 17.5. The lowest BCUT2D eigenvalue weighted by atomic mass is 10.2. The highest BCUT2D eigenvalue weighted by molar-refractivity contribution is 7.22. The molecule has 0 bridgehead atoms. The summed E-state index contributed by atoms with van der Waals surface area (Å²) in [5, 5.41) is 6.63. The van der Waals surface area contributed by atoms with Crippen LogP contribution in [0.25, 0.3) is 10.2 Å². The van der Waals surface area contributed by atoms with E-state index in [0.717, 1.165) is 16.6 Å². The average molecular weight is 438 g/mol. The van der Waals surface area contributed by atoms with Crippen LogP contribution in [-0.4, -0.2) is 23.9 Å². The van der Waals surface area contributed by atoms with Gasteiger partial charge in [0.15, 0.2) is 10.9 Å². The van der Waals surface area contributed by atoms with Gasteiger partial charge >= 0.3 is 0 Å². The highest BCUT2D eigenvalue weighted by atomic mass is 35.5. The summed E-state index contributed by atoms with van der Waals surface area (Å²) in [6.07, 6.45) is 1.22. The van der Waals surface area contributed by atoms with Crippen molar-refractivity contribution in [1.29, 1.82) is 0 Å². The molecule has 28 heavy (non-hydrogen) atoms. The molecule has 2 amide bonds. The molecular formula is C19H17Cl2N3O3S. The fourth-order valence-electron chi connectivity index (χ4n) is 2.55. The third-order valence-electron chi connectivity index (χ3n) is 3.83. The van der Waals surface area contributed by atoms with Crippen molar-refractivity contribution in [1.82, 2.24) is 4.98 Å². The number of halogens is 2. The Morgan fingerprint density at radius 1 is 1.14 bits per heavy atom. The van der Waals surface area contributed by atoms with E-state index >= 15 is 0 Å². The second kappa shape index (κ2) is 8.77. The van der Waals surface area contributed by atoms with Gasteiger partial charge < -0.3 is 15.4 Å². The summed E-state index contributed by atoms with van der Waals surface area (Å²) < 4.78 is 5.93. The zero-order valence-electron chi connectivity index (χ0n) is 15.1. The number of anilines is 2. The minimum Gasteiger partial charge on any atom is -0.494 e. The number of hydrogen-bond donors (Lipinski definition) is 2. The van der Waals surface area contributed by atoms with Gasteiger partial charge in [-0.25, -0.2) is 4.98 Å². The van der Waals surface area contributed by atoms with Gasteiger partial charge in [-0.05, 0) is 36.8 Å². The van der Waals surface area contributed by atoms with E-state index in [-0.39, 0.29) is 21.9 Å². The van der Waals surface area contributed by atoms with Crippen LogP contribution >= 0.6 is 34.5 Å². The van der Waals surface area contributed by atoms with Gasteiger partial charge in [-0.2, -0.15) is 0 Å². The lowest BCUT2D eigenvalue weighted by molar-refractivity contribution is -0.116. The molecule has 0 aliphatic carbocycles. The minimum absolute atomic E-state index is 0.0663. The first kappa shape index (κ1) is 20.4. The monoisotopic (exact) mass is 437 g/mol. The zero-order chi connectivity index (χ0) is 20.3. The molecular weight excluding hydrogens is 421 g/mol. The molecule has 2 N–H and O–H groups in total. The first-order chi connectivity index (χ1) is 13.4. The Balaban J connectivity index is 1.78. The van der Waals surface area contributed by atoms with Crippen LogP contribution in [-0.2, 0) is 4.79 Å². The Kier molecular flexibility index (Phi) is 6.39. The molecule has 0 aliphatic rings. The molecule has 3 aromatic rings. The molecule has 0 radical (unpaired) electrons. The lowest BCUT2D eigenvalue weighted by Crippen LogP contribution is -2.12. The minimum atomic E-state index is -0.355. The first-order valence-electron chi connectivity index (χ1n) is 8.46. The van der Waals surface area contributed by atoms with E-state index in [1.165, 1.54) is 30.6 Å². The van der Waals surface area contributed by atoms with Crippen LogP contribution in [0.15, 0.2) is 30.3 Å². The maximum atomic E-state index is 12.5. The molecule has 9 heteroatoms. The number of nitrogens with one attached hydrogen (secondary N) is 2. The largest absolute Gasteiger partial charge is 0.494 e. The van der Waals surface area contributed by atoms with Crippen molar-refractivity contribution in [3.8, 4) is 5.75 Å². The normalized spacial score (nSPS) is 10.7. The number of carbonyl (C=O) groups is 2. The summed E-state index contributed by atoms with van der Waals surface area (Å²) in [4.78, 5) is 28.6. The molecule has 0 unspecified atom stereocenters. The standard InChI is InChI=1S/C19H17Cl2N3O3S/c1-3-4-16(25)24-19-23-14-6-5-11(9-15(14)28-19)22-18(26)10-7-12(20)17(27-2)13(21)8-10/h5-9H,3-4H2,1-2H3,(H,22,26)(H,23,24,25). The number of carbonyl (C=O) groups excluding carboxylic acids is 2. The number of rotatable bonds is 6. The Bertz CT molecular complexity index is 1030. The van der Waals surface area contributed by atoms with Gasteiger partial charge in [0.1, 0.15) is 0 Å². The topological polar surface area (TPSA) is 80.3 Å². The van der Waals surface area contributed by atoms with Gasteiger partial charge in [0.05, 0.1) is 27.4 Å². The van der Waals surface area contributed by atoms with E-state index in [1.54, 1.807) is 18.2 Å². The number of fused-ring (bicyclic) bond motifs is 1. The van der Waals surface area contributed by atoms with Crippen molar-refractivity contribution in [2.45, 2.75) is 19.8 Å². The van der Waals surface area contributed by atoms with Gasteiger partial charge in [0.25, 0.3) is 5.91 Å². The Hall–Kier alpha value is -2.35. The molecule has 0 saturated heterocycles. The summed E-state index contributed by atoms with van der Waals surface area (Å²) in [6.45, 7) is 1.94. The Labute approximate surface area is 175 Å². The first-order valence-corrected chi connectivity index (χ1v) is 10.0. The molecule has 0 saturated carbocycles. The van der Waals surface area contributed by atoms with Crippen LogP contribution in [0.3, 0.4) is 0 Å². The van der Waals surface area contributed by atoms with E-state index in [1.807, 2.05) is 6.92 Å². The quantitative estimate of drug-likeness (QED) is 0.525. The number of amides is 2. The third kappa shape index (κ3) is 4.55. The van der Waals surface area contributed by atoms with Crippen molar-refractivity contribution in [3.63, 3.8) is 0 Å². The third-order valence-corrected chi connectivity index (χ3v) is 5.33. The van der Waals surface area contributed by atoms with Crippen LogP contribution in [0.1, 0.15) is 30.1 Å². The number of aromatic nitrogens is 1. The maximum Gasteiger partial charge on any atom is 0.255 e. The molecule has 0 atom stereocenters. The SMILES string of the molecule is CCCC(=O)Nc1nc2ccc(NC(=O)c3cc(Cl)c(OC)c(Cl)c3)cc2s1. The smallest absolute Gasteiger partial charge is 0.255 e. The summed E-state index contributed by atoms with van der Waals surface area (Å²) in [7, 11) is 1.45. The van der Waals surface area contributed by atoms with Crippen LogP contribution in [0, 0.1) is 0 Å². The number of nitrogens with zero attached hydrogens (tertiary/aromatic N) is 1. The molecule has 0 aliphatic heterocycles. The number of benzene rings is 2. The second-order valence-corrected chi connectivity index (χ2v) is 7.77. The average Bonchev–Trinajstić information content (AvgIpc) is 3.02. The predicted octanol–water partition coefficient (Wildman–Crippen LogP) is 5.60. The summed E-state index contributed by atoms with van der Waals surface area (Å²) in [5.41, 5.74) is 1.65. The van der Waals surface area contributed by atoms with Crippen molar-refractivity contribution < 1.29 is 14.3 Å². The predicted molar refractivity (Wildman–Crippen MR) is 114 cm³/mol. The van der Waals surface area contributed by atoms with E-state index in [0.29, 0.717) is 28.6 Å². The van der Waals surface area contributed by atoms with Crippen LogP contribution in [0.2, 0.25) is 10.0 Å². The van der Waals surface area contributed by atoms with Crippen molar-refractivity contribution in [3.05, 3.63) is 45.9 Å². The van der Waals surface area contributed by atoms with Gasteiger partial charge in [0.2, 0.25) is 5.91 Å². The van der Waals surface area contributed by atoms with Crippen molar-refractivity contribution in [2.75, 3.05) is 17.7 Å². The van der Waals surface area contributed by atoms with Gasteiger partial charge in [-0.1, -0.05) is 41.5 Å². The fourth-order valence-corrected chi connectivity index (χ4v) is 4.12. The summed E-state index contributed by atoms with van der Waals surface area (Å²) in [6, 6.07) is 8.31. The Morgan fingerprint density at radius 3 is 2.50 bits per heavy atom. The number of hydrogen-bond acceptors (Lipinski definition) is 5. The van der Waals surface area contributed by atoms with Crippen molar-refractivity contribution in [2.24, 2.45) is 0 Å². The highest BCUT2D eigenvalue weighted by Gasteiger charge is 2.14. The van der Waals surface area contributed by atoms with E-state index in [4.69, 9.17) is 27.9 Å². The van der Waals surface area contributed by atoms with E-state index in [2.05, 4.69) is 15.6 Å². The van der Waals surface area contributed by atoms with Crippen LogP contribution < -0.4 is 15.4 Å².